The van der Waals surface area contributed by atoms with Crippen molar-refractivity contribution in [2.24, 2.45) is 5.73 Å². The number of methoxy groups -OCH3 is 2. The summed E-state index contributed by atoms with van der Waals surface area (Å²) in [5.41, 5.74) is 5.70. The molecule has 0 heterocycles. The molecule has 0 aromatic heterocycles. The highest BCUT2D eigenvalue weighted by Crippen LogP contribution is 2.40. The van der Waals surface area contributed by atoms with E-state index >= 15 is 0 Å². The van der Waals surface area contributed by atoms with Crippen LogP contribution in [0.25, 0.3) is 0 Å². The van der Waals surface area contributed by atoms with Crippen LogP contribution in [0.4, 0.5) is 4.39 Å². The molecule has 0 radical (unpaired) electrons. The Labute approximate surface area is 108 Å². The van der Waals surface area contributed by atoms with Gasteiger partial charge in [-0.05, 0) is 44.0 Å². The monoisotopic (exact) mass is 255 g/mol. The zero-order valence-electron chi connectivity index (χ0n) is 11.7. The van der Waals surface area contributed by atoms with Crippen LogP contribution in [0.5, 0.6) is 11.5 Å². The fourth-order valence-electron chi connectivity index (χ4n) is 1.83. The lowest BCUT2D eigenvalue weighted by Gasteiger charge is -2.22. The molecule has 4 heteroatoms. The largest absolute Gasteiger partial charge is 0.493 e. The summed E-state index contributed by atoms with van der Waals surface area (Å²) >= 11 is 0. The molecule has 1 unspecified atom stereocenters. The minimum absolute atomic E-state index is 0.0798. The third-order valence-corrected chi connectivity index (χ3v) is 3.08. The Hall–Kier alpha value is -1.29. The molecule has 0 bridgehead atoms. The normalized spacial score (nSPS) is 13.3. The van der Waals surface area contributed by atoms with Crippen LogP contribution < -0.4 is 15.2 Å². The molecular weight excluding hydrogens is 233 g/mol. The van der Waals surface area contributed by atoms with Crippen molar-refractivity contribution >= 4 is 0 Å². The number of hydrogen-bond donors (Lipinski definition) is 1. The first-order chi connectivity index (χ1) is 8.35. The summed E-state index contributed by atoms with van der Waals surface area (Å²) in [7, 11) is 3.12. The molecule has 0 saturated carbocycles. The van der Waals surface area contributed by atoms with Gasteiger partial charge in [-0.2, -0.15) is 0 Å². The molecule has 102 valence electrons. The van der Waals surface area contributed by atoms with Crippen molar-refractivity contribution in [2.45, 2.75) is 32.4 Å². The van der Waals surface area contributed by atoms with Crippen LogP contribution in [-0.4, -0.2) is 20.8 Å². The highest BCUT2D eigenvalue weighted by Gasteiger charge is 2.24. The molecule has 0 aliphatic rings. The highest BCUT2D eigenvalue weighted by molar-refractivity contribution is 5.52. The van der Waals surface area contributed by atoms with Gasteiger partial charge < -0.3 is 15.2 Å². The minimum atomic E-state index is -1.43. The SMILES string of the molecule is COc1cc(C(C)(C)F)cc(C(C)CN)c1OC. The van der Waals surface area contributed by atoms with Crippen LogP contribution in [-0.2, 0) is 5.67 Å². The standard InChI is InChI=1S/C14H22FNO2/c1-9(8-16)11-6-10(14(2,3)15)7-12(17-4)13(11)18-5/h6-7,9H,8,16H2,1-5H3. The van der Waals surface area contributed by atoms with Crippen LogP contribution >= 0.6 is 0 Å². The predicted octanol–water partition coefficient (Wildman–Crippen LogP) is 2.97. The van der Waals surface area contributed by atoms with E-state index in [1.54, 1.807) is 26.4 Å². The molecule has 1 rings (SSSR count). The summed E-state index contributed by atoms with van der Waals surface area (Å²) < 4.78 is 24.7. The van der Waals surface area contributed by atoms with Crippen molar-refractivity contribution in [1.29, 1.82) is 0 Å². The van der Waals surface area contributed by atoms with E-state index in [9.17, 15) is 4.39 Å². The Kier molecular flexibility index (Phi) is 4.57. The second-order valence-corrected chi connectivity index (χ2v) is 4.91. The van der Waals surface area contributed by atoms with E-state index in [0.717, 1.165) is 5.56 Å². The average Bonchev–Trinajstić information content (AvgIpc) is 2.34. The Bertz CT molecular complexity index is 413. The number of alkyl halides is 1. The topological polar surface area (TPSA) is 44.5 Å². The number of ether oxygens (including phenoxy) is 2. The molecule has 3 nitrogen and oxygen atoms in total. The molecule has 0 aliphatic carbocycles. The Balaban J connectivity index is 3.45. The van der Waals surface area contributed by atoms with Crippen LogP contribution in [0.3, 0.4) is 0 Å². The van der Waals surface area contributed by atoms with Crippen molar-refractivity contribution in [3.8, 4) is 11.5 Å². The van der Waals surface area contributed by atoms with Gasteiger partial charge in [0.1, 0.15) is 5.67 Å². The Morgan fingerprint density at radius 3 is 2.28 bits per heavy atom. The first-order valence-electron chi connectivity index (χ1n) is 6.00. The van der Waals surface area contributed by atoms with Crippen molar-refractivity contribution in [1.82, 2.24) is 0 Å². The maximum atomic E-state index is 14.1. The van der Waals surface area contributed by atoms with Gasteiger partial charge in [0.05, 0.1) is 14.2 Å². The third kappa shape index (κ3) is 2.93. The van der Waals surface area contributed by atoms with Crippen LogP contribution in [0.2, 0.25) is 0 Å². The first kappa shape index (κ1) is 14.8. The lowest BCUT2D eigenvalue weighted by molar-refractivity contribution is 0.220. The predicted molar refractivity (Wildman–Crippen MR) is 71.1 cm³/mol. The Morgan fingerprint density at radius 1 is 1.28 bits per heavy atom. The van der Waals surface area contributed by atoms with E-state index in [4.69, 9.17) is 15.2 Å². The number of nitrogens with two attached hydrogens (primary N) is 1. The third-order valence-electron chi connectivity index (χ3n) is 3.08. The van der Waals surface area contributed by atoms with E-state index in [-0.39, 0.29) is 5.92 Å². The van der Waals surface area contributed by atoms with Gasteiger partial charge in [-0.25, -0.2) is 4.39 Å². The number of halogens is 1. The molecule has 0 amide bonds. The van der Waals surface area contributed by atoms with E-state index < -0.39 is 5.67 Å². The molecule has 18 heavy (non-hydrogen) atoms. The van der Waals surface area contributed by atoms with Gasteiger partial charge in [0.15, 0.2) is 11.5 Å². The minimum Gasteiger partial charge on any atom is -0.493 e. The van der Waals surface area contributed by atoms with Crippen molar-refractivity contribution in [3.05, 3.63) is 23.3 Å². The zero-order chi connectivity index (χ0) is 13.9. The van der Waals surface area contributed by atoms with E-state index in [1.165, 1.54) is 13.8 Å². The number of benzene rings is 1. The van der Waals surface area contributed by atoms with Gasteiger partial charge in [-0.15, -0.1) is 0 Å². The van der Waals surface area contributed by atoms with Crippen LogP contribution in [0.1, 0.15) is 37.8 Å². The summed E-state index contributed by atoms with van der Waals surface area (Å²) in [6.45, 7) is 5.48. The van der Waals surface area contributed by atoms with Gasteiger partial charge in [-0.1, -0.05) is 6.92 Å². The number of rotatable bonds is 5. The maximum Gasteiger partial charge on any atom is 0.164 e. The van der Waals surface area contributed by atoms with Crippen molar-refractivity contribution < 1.29 is 13.9 Å². The molecule has 1 aromatic carbocycles. The quantitative estimate of drug-likeness (QED) is 0.879. The molecule has 0 aliphatic heterocycles. The molecule has 1 aromatic rings. The van der Waals surface area contributed by atoms with Crippen LogP contribution in [0, 0.1) is 0 Å². The summed E-state index contributed by atoms with van der Waals surface area (Å²) in [5.74, 6) is 1.25. The second-order valence-electron chi connectivity index (χ2n) is 4.91. The van der Waals surface area contributed by atoms with Gasteiger partial charge in [0, 0.05) is 5.56 Å². The lowest BCUT2D eigenvalue weighted by Crippen LogP contribution is -2.14. The molecular formula is C14H22FNO2. The second kappa shape index (κ2) is 5.57. The Morgan fingerprint density at radius 2 is 1.89 bits per heavy atom. The fourth-order valence-corrected chi connectivity index (χ4v) is 1.83. The first-order valence-corrected chi connectivity index (χ1v) is 6.00. The van der Waals surface area contributed by atoms with Gasteiger partial charge >= 0.3 is 0 Å². The van der Waals surface area contributed by atoms with Gasteiger partial charge in [0.2, 0.25) is 0 Å². The van der Waals surface area contributed by atoms with Crippen molar-refractivity contribution in [2.75, 3.05) is 20.8 Å². The van der Waals surface area contributed by atoms with Gasteiger partial charge in [-0.3, -0.25) is 0 Å². The van der Waals surface area contributed by atoms with E-state index in [2.05, 4.69) is 0 Å². The van der Waals surface area contributed by atoms with Gasteiger partial charge in [0.25, 0.3) is 0 Å². The molecule has 0 saturated heterocycles. The lowest BCUT2D eigenvalue weighted by atomic mass is 9.92. The zero-order valence-corrected chi connectivity index (χ0v) is 11.7. The van der Waals surface area contributed by atoms with Crippen molar-refractivity contribution in [3.63, 3.8) is 0 Å². The average molecular weight is 255 g/mol. The van der Waals surface area contributed by atoms with E-state index in [0.29, 0.717) is 23.6 Å². The summed E-state index contributed by atoms with van der Waals surface area (Å²) in [5, 5.41) is 0. The maximum absolute atomic E-state index is 14.1. The fraction of sp³-hybridized carbons (Fsp3) is 0.571. The number of hydrogen-bond acceptors (Lipinski definition) is 3. The summed E-state index contributed by atoms with van der Waals surface area (Å²) in [4.78, 5) is 0. The van der Waals surface area contributed by atoms with Crippen LogP contribution in [0.15, 0.2) is 12.1 Å². The van der Waals surface area contributed by atoms with E-state index in [1.807, 2.05) is 6.92 Å². The summed E-state index contributed by atoms with van der Waals surface area (Å²) in [6, 6.07) is 3.48. The highest BCUT2D eigenvalue weighted by atomic mass is 19.1. The molecule has 0 spiro atoms. The molecule has 1 atom stereocenters. The smallest absolute Gasteiger partial charge is 0.164 e. The molecule has 2 N–H and O–H groups in total. The molecule has 0 fully saturated rings. The summed E-state index contributed by atoms with van der Waals surface area (Å²) in [6.07, 6.45) is 0.